The lowest BCUT2D eigenvalue weighted by atomic mass is 10.3. The van der Waals surface area contributed by atoms with E-state index in [1.54, 1.807) is 18.4 Å². The molecule has 1 N–H and O–H groups in total. The summed E-state index contributed by atoms with van der Waals surface area (Å²) in [6, 6.07) is 13.6. The van der Waals surface area contributed by atoms with Gasteiger partial charge in [0.15, 0.2) is 0 Å². The van der Waals surface area contributed by atoms with Crippen LogP contribution in [0.5, 0.6) is 5.75 Å². The van der Waals surface area contributed by atoms with Crippen LogP contribution in [0.2, 0.25) is 5.02 Å². The highest BCUT2D eigenvalue weighted by molar-refractivity contribution is 7.18. The van der Waals surface area contributed by atoms with Gasteiger partial charge in [-0.3, -0.25) is 0 Å². The third-order valence-electron chi connectivity index (χ3n) is 2.93. The molecule has 0 atom stereocenters. The summed E-state index contributed by atoms with van der Waals surface area (Å²) in [5, 5.41) is 5.12. The van der Waals surface area contributed by atoms with Gasteiger partial charge in [-0.25, -0.2) is 4.98 Å². The van der Waals surface area contributed by atoms with Gasteiger partial charge in [-0.1, -0.05) is 11.6 Å². The second kappa shape index (κ2) is 5.69. The number of aromatic nitrogens is 1. The van der Waals surface area contributed by atoms with Crippen molar-refractivity contribution in [3.63, 3.8) is 0 Å². The minimum absolute atomic E-state index is 0.698. The first-order valence-corrected chi connectivity index (χ1v) is 7.37. The highest BCUT2D eigenvalue weighted by Gasteiger charge is 2.05. The molecule has 5 heteroatoms. The van der Waals surface area contributed by atoms with E-state index in [0.717, 1.165) is 31.7 Å². The molecule has 20 heavy (non-hydrogen) atoms. The lowest BCUT2D eigenvalue weighted by Crippen LogP contribution is -1.98. The van der Waals surface area contributed by atoms with Crippen molar-refractivity contribution in [3.8, 4) is 5.75 Å². The summed E-state index contributed by atoms with van der Waals surface area (Å²) in [5.74, 6) is 0.860. The van der Waals surface area contributed by atoms with Crippen molar-refractivity contribution < 1.29 is 4.74 Å². The Bertz CT molecular complexity index is 724. The second-order valence-corrected chi connectivity index (χ2v) is 5.85. The number of halogens is 1. The average Bonchev–Trinajstić information content (AvgIpc) is 2.88. The Morgan fingerprint density at radius 1 is 1.20 bits per heavy atom. The molecule has 0 saturated heterocycles. The number of hydrogen-bond acceptors (Lipinski definition) is 4. The molecule has 102 valence electrons. The summed E-state index contributed by atoms with van der Waals surface area (Å²) in [5.41, 5.74) is 2.04. The topological polar surface area (TPSA) is 34.1 Å². The van der Waals surface area contributed by atoms with Crippen molar-refractivity contribution in [1.29, 1.82) is 0 Å². The summed E-state index contributed by atoms with van der Waals surface area (Å²) in [6.45, 7) is 0.698. The van der Waals surface area contributed by atoms with Gasteiger partial charge in [0.2, 0.25) is 0 Å². The summed E-state index contributed by atoms with van der Waals surface area (Å²) >= 11 is 7.53. The molecule has 0 aliphatic rings. The van der Waals surface area contributed by atoms with Gasteiger partial charge in [-0.15, -0.1) is 11.3 Å². The maximum atomic E-state index is 5.86. The molecule has 2 aromatic carbocycles. The number of hydrogen-bond donors (Lipinski definition) is 1. The van der Waals surface area contributed by atoms with Crippen molar-refractivity contribution in [1.82, 2.24) is 4.98 Å². The van der Waals surface area contributed by atoms with Gasteiger partial charge in [0, 0.05) is 10.7 Å². The molecule has 0 bridgehead atoms. The number of methoxy groups -OCH3 is 1. The Labute approximate surface area is 126 Å². The van der Waals surface area contributed by atoms with E-state index in [-0.39, 0.29) is 0 Å². The lowest BCUT2D eigenvalue weighted by molar-refractivity contribution is 0.415. The first kappa shape index (κ1) is 13.2. The first-order valence-electron chi connectivity index (χ1n) is 6.17. The number of benzene rings is 2. The highest BCUT2D eigenvalue weighted by Crippen LogP contribution is 2.26. The SMILES string of the molecule is COc1ccc2nc(CNc3ccc(Cl)cc3)sc2c1. The predicted molar refractivity (Wildman–Crippen MR) is 85.0 cm³/mol. The quantitative estimate of drug-likeness (QED) is 0.766. The molecule has 0 spiro atoms. The molecule has 0 amide bonds. The van der Waals surface area contributed by atoms with E-state index in [1.807, 2.05) is 42.5 Å². The highest BCUT2D eigenvalue weighted by atomic mass is 35.5. The van der Waals surface area contributed by atoms with E-state index in [9.17, 15) is 0 Å². The Balaban J connectivity index is 1.75. The number of rotatable bonds is 4. The van der Waals surface area contributed by atoms with Crippen LogP contribution < -0.4 is 10.1 Å². The predicted octanol–water partition coefficient (Wildman–Crippen LogP) is 4.57. The molecule has 0 aliphatic heterocycles. The van der Waals surface area contributed by atoms with Crippen molar-refractivity contribution in [2.75, 3.05) is 12.4 Å². The van der Waals surface area contributed by atoms with Gasteiger partial charge in [0.05, 0.1) is 23.9 Å². The van der Waals surface area contributed by atoms with Gasteiger partial charge in [-0.2, -0.15) is 0 Å². The fourth-order valence-electron chi connectivity index (χ4n) is 1.90. The summed E-state index contributed by atoms with van der Waals surface area (Å²) in [7, 11) is 1.67. The fraction of sp³-hybridized carbons (Fsp3) is 0.133. The number of anilines is 1. The molecule has 1 heterocycles. The van der Waals surface area contributed by atoms with E-state index >= 15 is 0 Å². The van der Waals surface area contributed by atoms with Crippen LogP contribution in [0.4, 0.5) is 5.69 Å². The zero-order chi connectivity index (χ0) is 13.9. The van der Waals surface area contributed by atoms with Crippen LogP contribution in [-0.4, -0.2) is 12.1 Å². The molecule has 3 rings (SSSR count). The van der Waals surface area contributed by atoms with Crippen molar-refractivity contribution >= 4 is 38.8 Å². The summed E-state index contributed by atoms with van der Waals surface area (Å²) < 4.78 is 6.36. The van der Waals surface area contributed by atoms with Crippen molar-refractivity contribution in [3.05, 3.63) is 52.5 Å². The number of fused-ring (bicyclic) bond motifs is 1. The van der Waals surface area contributed by atoms with Crippen molar-refractivity contribution in [2.45, 2.75) is 6.54 Å². The number of nitrogens with zero attached hydrogens (tertiary/aromatic N) is 1. The Hall–Kier alpha value is -1.78. The Morgan fingerprint density at radius 2 is 2.00 bits per heavy atom. The average molecular weight is 305 g/mol. The molecule has 1 aromatic heterocycles. The number of thiazole rings is 1. The molecular formula is C15H13ClN2OS. The number of ether oxygens (including phenoxy) is 1. The maximum absolute atomic E-state index is 5.86. The molecular weight excluding hydrogens is 292 g/mol. The normalized spacial score (nSPS) is 10.7. The molecule has 3 aromatic rings. The van der Waals surface area contributed by atoms with Gasteiger partial charge in [0.25, 0.3) is 0 Å². The third-order valence-corrected chi connectivity index (χ3v) is 4.20. The van der Waals surface area contributed by atoms with E-state index < -0.39 is 0 Å². The van der Waals surface area contributed by atoms with Crippen LogP contribution in [-0.2, 0) is 6.54 Å². The largest absolute Gasteiger partial charge is 0.497 e. The van der Waals surface area contributed by atoms with E-state index in [4.69, 9.17) is 16.3 Å². The lowest BCUT2D eigenvalue weighted by Gasteiger charge is -2.03. The molecule has 0 saturated carbocycles. The Kier molecular flexibility index (Phi) is 3.76. The van der Waals surface area contributed by atoms with Crippen LogP contribution in [0.3, 0.4) is 0 Å². The van der Waals surface area contributed by atoms with Crippen molar-refractivity contribution in [2.24, 2.45) is 0 Å². The van der Waals surface area contributed by atoms with Crippen LogP contribution in [0.1, 0.15) is 5.01 Å². The fourth-order valence-corrected chi connectivity index (χ4v) is 2.96. The smallest absolute Gasteiger partial charge is 0.120 e. The van der Waals surface area contributed by atoms with E-state index in [2.05, 4.69) is 10.3 Å². The minimum atomic E-state index is 0.698. The van der Waals surface area contributed by atoms with Crippen LogP contribution in [0.15, 0.2) is 42.5 Å². The third kappa shape index (κ3) is 2.86. The first-order chi connectivity index (χ1) is 9.74. The van der Waals surface area contributed by atoms with E-state index in [1.165, 1.54) is 0 Å². The van der Waals surface area contributed by atoms with Gasteiger partial charge in [0.1, 0.15) is 10.8 Å². The van der Waals surface area contributed by atoms with Gasteiger partial charge in [-0.05, 0) is 42.5 Å². The van der Waals surface area contributed by atoms with Gasteiger partial charge < -0.3 is 10.1 Å². The Morgan fingerprint density at radius 3 is 2.75 bits per heavy atom. The molecule has 0 unspecified atom stereocenters. The standard InChI is InChI=1S/C15H13ClN2OS/c1-19-12-6-7-13-14(8-12)20-15(18-13)9-17-11-4-2-10(16)3-5-11/h2-8,17H,9H2,1H3. The minimum Gasteiger partial charge on any atom is -0.497 e. The summed E-state index contributed by atoms with van der Waals surface area (Å²) in [4.78, 5) is 4.60. The molecule has 0 radical (unpaired) electrons. The van der Waals surface area contributed by atoms with Crippen LogP contribution in [0.25, 0.3) is 10.2 Å². The monoisotopic (exact) mass is 304 g/mol. The zero-order valence-corrected chi connectivity index (χ0v) is 12.5. The molecule has 0 aliphatic carbocycles. The molecule has 3 nitrogen and oxygen atoms in total. The maximum Gasteiger partial charge on any atom is 0.120 e. The van der Waals surface area contributed by atoms with Gasteiger partial charge >= 0.3 is 0 Å². The zero-order valence-electron chi connectivity index (χ0n) is 10.9. The van der Waals surface area contributed by atoms with Crippen LogP contribution in [0, 0.1) is 0 Å². The van der Waals surface area contributed by atoms with Crippen LogP contribution >= 0.6 is 22.9 Å². The second-order valence-electron chi connectivity index (χ2n) is 4.30. The molecule has 0 fully saturated rings. The van der Waals surface area contributed by atoms with E-state index in [0.29, 0.717) is 6.54 Å². The number of nitrogens with one attached hydrogen (secondary N) is 1. The summed E-state index contributed by atoms with van der Waals surface area (Å²) in [6.07, 6.45) is 0.